The molecule has 1 aliphatic heterocycles. The number of hydrogen-bond donors (Lipinski definition) is 1. The number of piperazine rings is 1. The second-order valence-corrected chi connectivity index (χ2v) is 5.77. The highest BCUT2D eigenvalue weighted by atomic mass is 16.2. The minimum atomic E-state index is -0.290. The standard InChI is InChI=1S/C14H29N3O/c1-4-5-6-13(15)14(18)17-9-7-16(8-10-17)11-12(2)3/h12-13H,4-11,15H2,1-3H3. The van der Waals surface area contributed by atoms with Crippen molar-refractivity contribution < 1.29 is 4.79 Å². The van der Waals surface area contributed by atoms with Crippen LogP contribution in [0.15, 0.2) is 0 Å². The van der Waals surface area contributed by atoms with Crippen molar-refractivity contribution >= 4 is 5.91 Å². The lowest BCUT2D eigenvalue weighted by Crippen LogP contribution is -2.53. The van der Waals surface area contributed by atoms with Gasteiger partial charge in [0, 0.05) is 32.7 Å². The quantitative estimate of drug-likeness (QED) is 0.778. The van der Waals surface area contributed by atoms with Gasteiger partial charge in [-0.25, -0.2) is 0 Å². The van der Waals surface area contributed by atoms with E-state index in [4.69, 9.17) is 5.73 Å². The molecule has 0 saturated carbocycles. The summed E-state index contributed by atoms with van der Waals surface area (Å²) in [6.07, 6.45) is 2.96. The summed E-state index contributed by atoms with van der Waals surface area (Å²) in [5, 5.41) is 0. The van der Waals surface area contributed by atoms with Crippen LogP contribution >= 0.6 is 0 Å². The molecule has 106 valence electrons. The van der Waals surface area contributed by atoms with Crippen LogP contribution in [-0.4, -0.2) is 54.5 Å². The molecule has 2 N–H and O–H groups in total. The molecule has 0 spiro atoms. The van der Waals surface area contributed by atoms with Gasteiger partial charge in [0.2, 0.25) is 5.91 Å². The van der Waals surface area contributed by atoms with Gasteiger partial charge in [-0.1, -0.05) is 33.6 Å². The van der Waals surface area contributed by atoms with E-state index in [1.807, 2.05) is 4.90 Å². The number of carbonyl (C=O) groups excluding carboxylic acids is 1. The first-order valence-corrected chi connectivity index (χ1v) is 7.31. The Morgan fingerprint density at radius 3 is 2.33 bits per heavy atom. The van der Waals surface area contributed by atoms with Crippen molar-refractivity contribution in [3.05, 3.63) is 0 Å². The Morgan fingerprint density at radius 1 is 1.22 bits per heavy atom. The van der Waals surface area contributed by atoms with Crippen LogP contribution in [0.4, 0.5) is 0 Å². The van der Waals surface area contributed by atoms with Gasteiger partial charge in [0.25, 0.3) is 0 Å². The lowest BCUT2D eigenvalue weighted by Gasteiger charge is -2.36. The van der Waals surface area contributed by atoms with Gasteiger partial charge in [0.05, 0.1) is 6.04 Å². The van der Waals surface area contributed by atoms with Crippen LogP contribution in [0.1, 0.15) is 40.0 Å². The molecule has 1 fully saturated rings. The summed E-state index contributed by atoms with van der Waals surface area (Å²) < 4.78 is 0. The van der Waals surface area contributed by atoms with Gasteiger partial charge in [-0.2, -0.15) is 0 Å². The number of amides is 1. The number of carbonyl (C=O) groups is 1. The summed E-state index contributed by atoms with van der Waals surface area (Å²) in [4.78, 5) is 16.5. The van der Waals surface area contributed by atoms with E-state index in [9.17, 15) is 4.79 Å². The Balaban J connectivity index is 2.31. The van der Waals surface area contributed by atoms with Crippen molar-refractivity contribution in [2.75, 3.05) is 32.7 Å². The molecule has 1 rings (SSSR count). The van der Waals surface area contributed by atoms with Crippen molar-refractivity contribution in [2.45, 2.75) is 46.1 Å². The summed E-state index contributed by atoms with van der Waals surface area (Å²) in [5.74, 6) is 0.840. The maximum Gasteiger partial charge on any atom is 0.239 e. The minimum absolute atomic E-state index is 0.146. The van der Waals surface area contributed by atoms with Crippen molar-refractivity contribution in [3.63, 3.8) is 0 Å². The SMILES string of the molecule is CCCCC(N)C(=O)N1CCN(CC(C)C)CC1. The first-order valence-electron chi connectivity index (χ1n) is 7.31. The Kier molecular flexibility index (Phi) is 6.65. The molecule has 1 atom stereocenters. The third-order valence-electron chi connectivity index (χ3n) is 3.49. The molecule has 1 unspecified atom stereocenters. The number of hydrogen-bond acceptors (Lipinski definition) is 3. The fourth-order valence-electron chi connectivity index (χ4n) is 2.45. The molecule has 4 nitrogen and oxygen atoms in total. The molecular weight excluding hydrogens is 226 g/mol. The second-order valence-electron chi connectivity index (χ2n) is 5.77. The monoisotopic (exact) mass is 255 g/mol. The zero-order valence-corrected chi connectivity index (χ0v) is 12.2. The number of nitrogens with zero attached hydrogens (tertiary/aromatic N) is 2. The third kappa shape index (κ3) is 4.94. The maximum absolute atomic E-state index is 12.1. The molecular formula is C14H29N3O. The zero-order valence-electron chi connectivity index (χ0n) is 12.2. The average molecular weight is 255 g/mol. The molecule has 0 aromatic heterocycles. The Morgan fingerprint density at radius 2 is 1.83 bits per heavy atom. The van der Waals surface area contributed by atoms with E-state index in [1.54, 1.807) is 0 Å². The van der Waals surface area contributed by atoms with Gasteiger partial charge in [0.15, 0.2) is 0 Å². The number of nitrogens with two attached hydrogens (primary N) is 1. The van der Waals surface area contributed by atoms with Crippen LogP contribution < -0.4 is 5.73 Å². The van der Waals surface area contributed by atoms with E-state index in [1.165, 1.54) is 0 Å². The predicted molar refractivity (Wildman–Crippen MR) is 75.4 cm³/mol. The molecule has 1 heterocycles. The van der Waals surface area contributed by atoms with E-state index in [0.717, 1.165) is 52.0 Å². The highest BCUT2D eigenvalue weighted by Gasteiger charge is 2.24. The van der Waals surface area contributed by atoms with Crippen LogP contribution in [0.2, 0.25) is 0 Å². The van der Waals surface area contributed by atoms with Gasteiger partial charge in [-0.05, 0) is 12.3 Å². The molecule has 0 aromatic rings. The summed E-state index contributed by atoms with van der Waals surface area (Å²) in [5.41, 5.74) is 5.94. The molecule has 1 saturated heterocycles. The van der Waals surface area contributed by atoms with E-state index in [0.29, 0.717) is 5.92 Å². The summed E-state index contributed by atoms with van der Waals surface area (Å²) in [6.45, 7) is 11.4. The molecule has 0 radical (unpaired) electrons. The van der Waals surface area contributed by atoms with Gasteiger partial charge < -0.3 is 10.6 Å². The highest BCUT2D eigenvalue weighted by molar-refractivity contribution is 5.81. The second kappa shape index (κ2) is 7.74. The van der Waals surface area contributed by atoms with E-state index < -0.39 is 0 Å². The van der Waals surface area contributed by atoms with Crippen molar-refractivity contribution in [1.29, 1.82) is 0 Å². The van der Waals surface area contributed by atoms with Gasteiger partial charge in [-0.15, -0.1) is 0 Å². The molecule has 4 heteroatoms. The molecule has 18 heavy (non-hydrogen) atoms. The summed E-state index contributed by atoms with van der Waals surface area (Å²) in [6, 6.07) is -0.290. The van der Waals surface area contributed by atoms with Crippen LogP contribution in [0, 0.1) is 5.92 Å². The normalized spacial score (nSPS) is 19.3. The van der Waals surface area contributed by atoms with E-state index >= 15 is 0 Å². The fourth-order valence-corrected chi connectivity index (χ4v) is 2.45. The predicted octanol–water partition coefficient (Wildman–Crippen LogP) is 1.30. The number of rotatable bonds is 6. The van der Waals surface area contributed by atoms with Crippen molar-refractivity contribution in [1.82, 2.24) is 9.80 Å². The van der Waals surface area contributed by atoms with Gasteiger partial charge in [-0.3, -0.25) is 9.69 Å². The van der Waals surface area contributed by atoms with Crippen LogP contribution in [0.5, 0.6) is 0 Å². The van der Waals surface area contributed by atoms with E-state index in [-0.39, 0.29) is 11.9 Å². The Labute approximate surface area is 111 Å². The first kappa shape index (κ1) is 15.4. The largest absolute Gasteiger partial charge is 0.339 e. The van der Waals surface area contributed by atoms with Gasteiger partial charge >= 0.3 is 0 Å². The lowest BCUT2D eigenvalue weighted by molar-refractivity contribution is -0.134. The van der Waals surface area contributed by atoms with Crippen molar-refractivity contribution in [2.24, 2.45) is 11.7 Å². The number of unbranched alkanes of at least 4 members (excludes halogenated alkanes) is 1. The summed E-state index contributed by atoms with van der Waals surface area (Å²) >= 11 is 0. The maximum atomic E-state index is 12.1. The topological polar surface area (TPSA) is 49.6 Å². The molecule has 0 aliphatic carbocycles. The van der Waals surface area contributed by atoms with Crippen molar-refractivity contribution in [3.8, 4) is 0 Å². The molecule has 0 bridgehead atoms. The van der Waals surface area contributed by atoms with Crippen LogP contribution in [0.25, 0.3) is 0 Å². The summed E-state index contributed by atoms with van der Waals surface area (Å²) in [7, 11) is 0. The zero-order chi connectivity index (χ0) is 13.5. The average Bonchev–Trinajstić information content (AvgIpc) is 2.35. The lowest BCUT2D eigenvalue weighted by atomic mass is 10.1. The minimum Gasteiger partial charge on any atom is -0.339 e. The fraction of sp³-hybridized carbons (Fsp3) is 0.929. The smallest absolute Gasteiger partial charge is 0.239 e. The van der Waals surface area contributed by atoms with Gasteiger partial charge in [0.1, 0.15) is 0 Å². The third-order valence-corrected chi connectivity index (χ3v) is 3.49. The molecule has 1 amide bonds. The first-order chi connectivity index (χ1) is 8.54. The van der Waals surface area contributed by atoms with Crippen LogP contribution in [0.3, 0.4) is 0 Å². The Hall–Kier alpha value is -0.610. The van der Waals surface area contributed by atoms with E-state index in [2.05, 4.69) is 25.7 Å². The highest BCUT2D eigenvalue weighted by Crippen LogP contribution is 2.08. The molecule has 1 aliphatic rings. The Bertz CT molecular complexity index is 247. The molecule has 0 aromatic carbocycles. The van der Waals surface area contributed by atoms with Crippen LogP contribution in [-0.2, 0) is 4.79 Å².